The van der Waals surface area contributed by atoms with E-state index in [4.69, 9.17) is 14.2 Å². The molecule has 1 unspecified atom stereocenters. The van der Waals surface area contributed by atoms with Crippen LogP contribution in [0.1, 0.15) is 38.1 Å². The number of carbonyl (C=O) groups is 2. The molecule has 0 bridgehead atoms. The molecule has 154 valence electrons. The Labute approximate surface area is 166 Å². The van der Waals surface area contributed by atoms with Crippen molar-refractivity contribution < 1.29 is 23.8 Å². The summed E-state index contributed by atoms with van der Waals surface area (Å²) >= 11 is 0. The molecule has 7 nitrogen and oxygen atoms in total. The maximum absolute atomic E-state index is 12.1. The standard InChI is InChI=1S/C21H30N2O5/c1-7-23-20(24)14(2)8-9-15(3)27-18-10-17(21(25)22-5)11-19(12-18)28-16(4)13-26-6/h8-12,16H,7,13H2,1-6H3,(H,22,25)(H,23,24)/b14-8+,15-9+. The van der Waals surface area contributed by atoms with Crippen molar-refractivity contribution in [2.24, 2.45) is 0 Å². The molecule has 7 heteroatoms. The van der Waals surface area contributed by atoms with Gasteiger partial charge < -0.3 is 24.8 Å². The highest BCUT2D eigenvalue weighted by Gasteiger charge is 2.12. The van der Waals surface area contributed by atoms with E-state index in [1.54, 1.807) is 58.4 Å². The zero-order valence-corrected chi connectivity index (χ0v) is 17.4. The van der Waals surface area contributed by atoms with Gasteiger partial charge in [0.05, 0.1) is 6.61 Å². The lowest BCUT2D eigenvalue weighted by molar-refractivity contribution is -0.117. The first-order chi connectivity index (χ1) is 13.3. The van der Waals surface area contributed by atoms with E-state index < -0.39 is 0 Å². The minimum atomic E-state index is -0.247. The number of methoxy groups -OCH3 is 1. The van der Waals surface area contributed by atoms with Gasteiger partial charge in [0, 0.05) is 37.9 Å². The number of ether oxygens (including phenoxy) is 3. The van der Waals surface area contributed by atoms with Crippen LogP contribution in [-0.4, -0.2) is 45.2 Å². The van der Waals surface area contributed by atoms with Crippen LogP contribution in [0.15, 0.2) is 41.7 Å². The molecule has 1 aromatic carbocycles. The Morgan fingerprint density at radius 2 is 1.82 bits per heavy atom. The number of hydrogen-bond acceptors (Lipinski definition) is 5. The second-order valence-electron chi connectivity index (χ2n) is 6.24. The Morgan fingerprint density at radius 3 is 2.43 bits per heavy atom. The Bertz CT molecular complexity index is 740. The first-order valence-corrected chi connectivity index (χ1v) is 9.14. The van der Waals surface area contributed by atoms with Crippen molar-refractivity contribution in [3.05, 3.63) is 47.2 Å². The van der Waals surface area contributed by atoms with Crippen molar-refractivity contribution in [3.63, 3.8) is 0 Å². The van der Waals surface area contributed by atoms with Crippen molar-refractivity contribution in [1.82, 2.24) is 10.6 Å². The maximum Gasteiger partial charge on any atom is 0.251 e. The summed E-state index contributed by atoms with van der Waals surface area (Å²) in [5.41, 5.74) is 0.989. The van der Waals surface area contributed by atoms with E-state index in [1.807, 2.05) is 13.8 Å². The van der Waals surface area contributed by atoms with Gasteiger partial charge in [-0.15, -0.1) is 0 Å². The molecule has 0 radical (unpaired) electrons. The number of nitrogens with one attached hydrogen (secondary N) is 2. The number of likely N-dealkylation sites (N-methyl/N-ethyl adjacent to an activating group) is 1. The van der Waals surface area contributed by atoms with Crippen LogP contribution in [0.25, 0.3) is 0 Å². The van der Waals surface area contributed by atoms with Crippen molar-refractivity contribution in [2.45, 2.75) is 33.8 Å². The SMILES string of the molecule is CCNC(=O)/C(C)=C/C=C(\C)Oc1cc(OC(C)COC)cc(C(=O)NC)c1. The van der Waals surface area contributed by atoms with Crippen LogP contribution in [0.3, 0.4) is 0 Å². The van der Waals surface area contributed by atoms with Crippen LogP contribution in [0.4, 0.5) is 0 Å². The molecule has 1 rings (SSSR count). The highest BCUT2D eigenvalue weighted by Crippen LogP contribution is 2.25. The Kier molecular flexibility index (Phi) is 9.81. The van der Waals surface area contributed by atoms with E-state index in [0.717, 1.165) is 0 Å². The third kappa shape index (κ3) is 7.84. The summed E-state index contributed by atoms with van der Waals surface area (Å²) in [6, 6.07) is 4.98. The Hall–Kier alpha value is -2.80. The molecule has 0 saturated carbocycles. The van der Waals surface area contributed by atoms with Crippen LogP contribution >= 0.6 is 0 Å². The second kappa shape index (κ2) is 11.8. The summed E-state index contributed by atoms with van der Waals surface area (Å²) in [5, 5.41) is 5.32. The summed E-state index contributed by atoms with van der Waals surface area (Å²) in [6.45, 7) is 8.22. The number of rotatable bonds is 10. The lowest BCUT2D eigenvalue weighted by Crippen LogP contribution is -2.23. The number of amides is 2. The maximum atomic E-state index is 12.1. The van der Waals surface area contributed by atoms with E-state index in [0.29, 0.717) is 41.5 Å². The van der Waals surface area contributed by atoms with E-state index in [2.05, 4.69) is 10.6 Å². The summed E-state index contributed by atoms with van der Waals surface area (Å²) in [5.74, 6) is 1.15. The molecule has 0 aromatic heterocycles. The van der Waals surface area contributed by atoms with E-state index in [9.17, 15) is 9.59 Å². The zero-order chi connectivity index (χ0) is 21.1. The molecule has 0 aliphatic rings. The van der Waals surface area contributed by atoms with Gasteiger partial charge in [-0.05, 0) is 45.9 Å². The van der Waals surface area contributed by atoms with Crippen molar-refractivity contribution >= 4 is 11.8 Å². The minimum Gasteiger partial charge on any atom is -0.488 e. The van der Waals surface area contributed by atoms with E-state index in [1.165, 1.54) is 0 Å². The van der Waals surface area contributed by atoms with Crippen LogP contribution in [0.5, 0.6) is 11.5 Å². The highest BCUT2D eigenvalue weighted by atomic mass is 16.5. The fraction of sp³-hybridized carbons (Fsp3) is 0.429. The van der Waals surface area contributed by atoms with Gasteiger partial charge in [0.1, 0.15) is 23.4 Å². The van der Waals surface area contributed by atoms with Gasteiger partial charge >= 0.3 is 0 Å². The Balaban J connectivity index is 3.04. The fourth-order valence-corrected chi connectivity index (χ4v) is 2.31. The number of allylic oxidation sites excluding steroid dienone is 3. The third-order valence-corrected chi connectivity index (χ3v) is 3.65. The van der Waals surface area contributed by atoms with Gasteiger partial charge in [-0.3, -0.25) is 9.59 Å². The first-order valence-electron chi connectivity index (χ1n) is 9.14. The predicted octanol–water partition coefficient (Wildman–Crippen LogP) is 2.82. The molecule has 0 fully saturated rings. The van der Waals surface area contributed by atoms with Gasteiger partial charge in [0.2, 0.25) is 5.91 Å². The Morgan fingerprint density at radius 1 is 1.14 bits per heavy atom. The third-order valence-electron chi connectivity index (χ3n) is 3.65. The molecule has 0 heterocycles. The smallest absolute Gasteiger partial charge is 0.251 e. The lowest BCUT2D eigenvalue weighted by Gasteiger charge is -2.16. The summed E-state index contributed by atoms with van der Waals surface area (Å²) in [7, 11) is 3.16. The molecular formula is C21H30N2O5. The minimum absolute atomic E-state index is 0.129. The molecule has 1 atom stereocenters. The fourth-order valence-electron chi connectivity index (χ4n) is 2.31. The monoisotopic (exact) mass is 390 g/mol. The second-order valence-corrected chi connectivity index (χ2v) is 6.24. The van der Waals surface area contributed by atoms with Gasteiger partial charge in [-0.25, -0.2) is 0 Å². The average Bonchev–Trinajstić information content (AvgIpc) is 2.65. The quantitative estimate of drug-likeness (QED) is 0.364. The highest BCUT2D eigenvalue weighted by molar-refractivity contribution is 5.95. The van der Waals surface area contributed by atoms with Gasteiger partial charge in [-0.2, -0.15) is 0 Å². The molecule has 2 amide bonds. The lowest BCUT2D eigenvalue weighted by atomic mass is 10.2. The zero-order valence-electron chi connectivity index (χ0n) is 17.4. The van der Waals surface area contributed by atoms with Crippen LogP contribution in [0, 0.1) is 0 Å². The number of benzene rings is 1. The molecule has 0 spiro atoms. The van der Waals surface area contributed by atoms with Crippen LogP contribution in [0.2, 0.25) is 0 Å². The van der Waals surface area contributed by atoms with Crippen LogP contribution in [-0.2, 0) is 9.53 Å². The average molecular weight is 390 g/mol. The predicted molar refractivity (Wildman–Crippen MR) is 109 cm³/mol. The van der Waals surface area contributed by atoms with Gasteiger partial charge in [-0.1, -0.05) is 6.08 Å². The number of hydrogen-bond donors (Lipinski definition) is 2. The molecule has 2 N–H and O–H groups in total. The summed E-state index contributed by atoms with van der Waals surface area (Å²) in [4.78, 5) is 23.8. The topological polar surface area (TPSA) is 85.9 Å². The van der Waals surface area contributed by atoms with Crippen LogP contribution < -0.4 is 20.1 Å². The molecule has 1 aromatic rings. The normalized spacial score (nSPS) is 12.9. The largest absolute Gasteiger partial charge is 0.488 e. The molecule has 0 aliphatic heterocycles. The summed E-state index contributed by atoms with van der Waals surface area (Å²) in [6.07, 6.45) is 3.20. The van der Waals surface area contributed by atoms with E-state index in [-0.39, 0.29) is 17.9 Å². The molecular weight excluding hydrogens is 360 g/mol. The summed E-state index contributed by atoms with van der Waals surface area (Å²) < 4.78 is 16.7. The molecule has 28 heavy (non-hydrogen) atoms. The number of carbonyl (C=O) groups excluding carboxylic acids is 2. The van der Waals surface area contributed by atoms with Crippen molar-refractivity contribution in [3.8, 4) is 11.5 Å². The van der Waals surface area contributed by atoms with Crippen molar-refractivity contribution in [1.29, 1.82) is 0 Å². The van der Waals surface area contributed by atoms with E-state index >= 15 is 0 Å². The van der Waals surface area contributed by atoms with Crippen molar-refractivity contribution in [2.75, 3.05) is 27.3 Å². The molecule has 0 aliphatic carbocycles. The molecule has 0 saturated heterocycles. The van der Waals surface area contributed by atoms with Gasteiger partial charge in [0.25, 0.3) is 5.91 Å². The van der Waals surface area contributed by atoms with Gasteiger partial charge in [0.15, 0.2) is 0 Å². The first kappa shape index (κ1) is 23.2.